The molecule has 152 valence electrons. The highest BCUT2D eigenvalue weighted by Crippen LogP contribution is 2.50. The van der Waals surface area contributed by atoms with Crippen molar-refractivity contribution >= 4 is 56.5 Å². The van der Waals surface area contributed by atoms with Crippen molar-refractivity contribution in [3.05, 3.63) is 91.4 Å². The highest BCUT2D eigenvalue weighted by molar-refractivity contribution is 7.87. The van der Waals surface area contributed by atoms with Gasteiger partial charge in [0.25, 0.3) is 10.1 Å². The van der Waals surface area contributed by atoms with E-state index in [9.17, 15) is 23.2 Å². The van der Waals surface area contributed by atoms with Crippen molar-refractivity contribution in [3.8, 4) is 11.5 Å². The van der Waals surface area contributed by atoms with Crippen LogP contribution in [0.4, 0.5) is 0 Å². The van der Waals surface area contributed by atoms with Crippen LogP contribution in [-0.2, 0) is 14.9 Å². The number of aromatic hydroxyl groups is 2. The van der Waals surface area contributed by atoms with Crippen LogP contribution in [0.5, 0.6) is 11.5 Å². The molecule has 0 aliphatic carbocycles. The third-order valence-electron chi connectivity index (χ3n) is 4.38. The number of phenolic OH excluding ortho intramolecular Hbond substituents is 2. The van der Waals surface area contributed by atoms with Gasteiger partial charge in [-0.05, 0) is 42.0 Å². The van der Waals surface area contributed by atoms with E-state index in [0.29, 0.717) is 5.02 Å². The van der Waals surface area contributed by atoms with Gasteiger partial charge in [-0.2, -0.15) is 8.42 Å². The summed E-state index contributed by atoms with van der Waals surface area (Å²) < 4.78 is 34.0. The minimum absolute atomic E-state index is 0.0283. The number of phenols is 2. The second-order valence-corrected chi connectivity index (χ2v) is 9.33. The maximum atomic E-state index is 13.0. The molecule has 0 spiro atoms. The first-order valence-electron chi connectivity index (χ1n) is 7.89. The van der Waals surface area contributed by atoms with E-state index in [1.165, 1.54) is 36.4 Å². The summed E-state index contributed by atoms with van der Waals surface area (Å²) in [6, 6.07) is 11.4. The van der Waals surface area contributed by atoms with E-state index in [2.05, 4.69) is 0 Å². The minimum Gasteiger partial charge on any atom is -0.508 e. The third kappa shape index (κ3) is 3.77. The third-order valence-corrected chi connectivity index (χ3v) is 7.03. The first-order chi connectivity index (χ1) is 13.5. The van der Waals surface area contributed by atoms with Crippen molar-refractivity contribution in [2.45, 2.75) is 4.75 Å². The van der Waals surface area contributed by atoms with E-state index < -0.39 is 14.9 Å². The van der Waals surface area contributed by atoms with Crippen LogP contribution in [0.2, 0.25) is 20.1 Å². The lowest BCUT2D eigenvalue weighted by molar-refractivity contribution is 0.455. The molecule has 29 heavy (non-hydrogen) atoms. The molecule has 3 rings (SSSR count). The highest BCUT2D eigenvalue weighted by atomic mass is 35.5. The normalized spacial score (nSPS) is 13.8. The summed E-state index contributed by atoms with van der Waals surface area (Å²) in [6.45, 7) is 0. The molecule has 1 unspecified atom stereocenters. The number of benzene rings is 3. The number of hydrogen-bond donors (Lipinski definition) is 3. The average molecular weight is 494 g/mol. The van der Waals surface area contributed by atoms with Crippen LogP contribution in [0.15, 0.2) is 54.6 Å². The smallest absolute Gasteiger partial charge is 0.283 e. The zero-order chi connectivity index (χ0) is 21.6. The van der Waals surface area contributed by atoms with Gasteiger partial charge < -0.3 is 10.2 Å². The fourth-order valence-corrected chi connectivity index (χ4v) is 5.44. The second-order valence-electron chi connectivity index (χ2n) is 6.11. The number of rotatable bonds is 4. The molecule has 0 aliphatic rings. The van der Waals surface area contributed by atoms with Crippen molar-refractivity contribution in [2.75, 3.05) is 0 Å². The molecule has 3 N–H and O–H groups in total. The van der Waals surface area contributed by atoms with Gasteiger partial charge in [-0.1, -0.05) is 58.5 Å². The van der Waals surface area contributed by atoms with E-state index in [1.807, 2.05) is 0 Å². The zero-order valence-corrected chi connectivity index (χ0v) is 18.1. The van der Waals surface area contributed by atoms with Gasteiger partial charge in [-0.25, -0.2) is 0 Å². The van der Waals surface area contributed by atoms with Gasteiger partial charge in [-0.15, -0.1) is 0 Å². The molecule has 0 fully saturated rings. The average Bonchev–Trinajstić information content (AvgIpc) is 2.63. The molecule has 0 amide bonds. The van der Waals surface area contributed by atoms with Crippen molar-refractivity contribution in [2.24, 2.45) is 0 Å². The van der Waals surface area contributed by atoms with Crippen LogP contribution in [-0.4, -0.2) is 23.2 Å². The number of hydrogen-bond acceptors (Lipinski definition) is 4. The molecule has 3 aromatic carbocycles. The highest BCUT2D eigenvalue weighted by Gasteiger charge is 2.51. The van der Waals surface area contributed by atoms with Gasteiger partial charge in [0.1, 0.15) is 11.5 Å². The predicted octanol–water partition coefficient (Wildman–Crippen LogP) is 5.89. The molecule has 0 saturated heterocycles. The maximum Gasteiger partial charge on any atom is 0.283 e. The Morgan fingerprint density at radius 2 is 1.31 bits per heavy atom. The van der Waals surface area contributed by atoms with E-state index in [0.717, 1.165) is 18.2 Å². The van der Waals surface area contributed by atoms with E-state index in [-0.39, 0.29) is 43.3 Å². The second kappa shape index (κ2) is 7.87. The van der Waals surface area contributed by atoms with Crippen molar-refractivity contribution in [1.29, 1.82) is 0 Å². The molecular formula is C19H12Cl4O5S. The van der Waals surface area contributed by atoms with Crippen molar-refractivity contribution in [3.63, 3.8) is 0 Å². The summed E-state index contributed by atoms with van der Waals surface area (Å²) in [5.41, 5.74) is -0.326. The van der Waals surface area contributed by atoms with Crippen molar-refractivity contribution < 1.29 is 23.2 Å². The van der Waals surface area contributed by atoms with Gasteiger partial charge in [0.2, 0.25) is 0 Å². The Morgan fingerprint density at radius 3 is 1.90 bits per heavy atom. The molecule has 0 aromatic heterocycles. The zero-order valence-electron chi connectivity index (χ0n) is 14.3. The lowest BCUT2D eigenvalue weighted by atomic mass is 9.83. The molecule has 0 aliphatic heterocycles. The van der Waals surface area contributed by atoms with Gasteiger partial charge in [0.15, 0.2) is 4.75 Å². The Morgan fingerprint density at radius 1 is 0.724 bits per heavy atom. The maximum absolute atomic E-state index is 13.0. The Hall–Kier alpha value is -1.67. The summed E-state index contributed by atoms with van der Waals surface area (Å²) in [4.78, 5) is 0. The molecule has 0 saturated carbocycles. The Labute approximate surface area is 186 Å². The summed E-state index contributed by atoms with van der Waals surface area (Å²) in [6.07, 6.45) is 0. The van der Waals surface area contributed by atoms with E-state index >= 15 is 0 Å². The van der Waals surface area contributed by atoms with Crippen LogP contribution in [0, 0.1) is 0 Å². The summed E-state index contributed by atoms with van der Waals surface area (Å²) in [7, 11) is -5.05. The van der Waals surface area contributed by atoms with Gasteiger partial charge >= 0.3 is 0 Å². The van der Waals surface area contributed by atoms with Gasteiger partial charge in [0.05, 0.1) is 5.02 Å². The number of halogens is 4. The monoisotopic (exact) mass is 492 g/mol. The quantitative estimate of drug-likeness (QED) is 0.311. The van der Waals surface area contributed by atoms with Crippen LogP contribution in [0.1, 0.15) is 16.7 Å². The van der Waals surface area contributed by atoms with E-state index in [1.54, 1.807) is 0 Å². The van der Waals surface area contributed by atoms with Crippen LogP contribution < -0.4 is 0 Å². The Bertz CT molecular complexity index is 1200. The molecule has 3 aromatic rings. The molecule has 0 bridgehead atoms. The first-order valence-corrected chi connectivity index (χ1v) is 10.8. The fraction of sp³-hybridized carbons (Fsp3) is 0.0526. The Kier molecular flexibility index (Phi) is 5.98. The molecule has 0 radical (unpaired) electrons. The SMILES string of the molecule is O=S(=O)(O)C(c1ccc(Cl)cc1)(c1cc(O)ccc1Cl)c1cc(Cl)c(O)cc1Cl. The minimum atomic E-state index is -5.05. The van der Waals surface area contributed by atoms with Crippen LogP contribution in [0.25, 0.3) is 0 Å². The summed E-state index contributed by atoms with van der Waals surface area (Å²) in [5.74, 6) is -0.685. The summed E-state index contributed by atoms with van der Waals surface area (Å²) >= 11 is 24.6. The predicted molar refractivity (Wildman–Crippen MR) is 114 cm³/mol. The standard InChI is InChI=1S/C19H12Cl4O5S/c20-11-3-1-10(2-4-11)19(29(26,27)28,13-7-12(24)5-6-15(13)21)14-8-17(23)18(25)9-16(14)22/h1-9,24-25H,(H,26,27,28). The summed E-state index contributed by atoms with van der Waals surface area (Å²) in [5, 5.41) is 19.7. The molecular weight excluding hydrogens is 482 g/mol. The largest absolute Gasteiger partial charge is 0.508 e. The first kappa shape index (κ1) is 22.0. The molecule has 0 heterocycles. The van der Waals surface area contributed by atoms with Crippen LogP contribution in [0.3, 0.4) is 0 Å². The lowest BCUT2D eigenvalue weighted by Gasteiger charge is -2.34. The van der Waals surface area contributed by atoms with Gasteiger partial charge in [-0.3, -0.25) is 4.55 Å². The molecule has 10 heteroatoms. The molecule has 1 atom stereocenters. The van der Waals surface area contributed by atoms with Crippen LogP contribution >= 0.6 is 46.4 Å². The van der Waals surface area contributed by atoms with Crippen molar-refractivity contribution in [1.82, 2.24) is 0 Å². The lowest BCUT2D eigenvalue weighted by Crippen LogP contribution is -2.38. The Balaban J connectivity index is 2.61. The fourth-order valence-electron chi connectivity index (χ4n) is 3.16. The van der Waals surface area contributed by atoms with E-state index in [4.69, 9.17) is 46.4 Å². The van der Waals surface area contributed by atoms with Gasteiger partial charge in [0, 0.05) is 32.3 Å². The topological polar surface area (TPSA) is 94.8 Å². The molecule has 5 nitrogen and oxygen atoms in total.